The van der Waals surface area contributed by atoms with Crippen molar-refractivity contribution in [3.05, 3.63) is 0 Å². The summed E-state index contributed by atoms with van der Waals surface area (Å²) in [5.41, 5.74) is 0. The highest BCUT2D eigenvalue weighted by molar-refractivity contribution is 5.83. The van der Waals surface area contributed by atoms with E-state index in [2.05, 4.69) is 13.8 Å². The summed E-state index contributed by atoms with van der Waals surface area (Å²) in [6, 6.07) is 0. The van der Waals surface area contributed by atoms with Gasteiger partial charge in [0.1, 0.15) is 0 Å². The van der Waals surface area contributed by atoms with Crippen LogP contribution in [0.5, 0.6) is 0 Å². The van der Waals surface area contributed by atoms with Gasteiger partial charge in [-0.1, -0.05) is 90.9 Å². The van der Waals surface area contributed by atoms with Crippen LogP contribution in [0.3, 0.4) is 0 Å². The van der Waals surface area contributed by atoms with Crippen LogP contribution in [-0.4, -0.2) is 74.7 Å². The fraction of sp³-hybridized carbons (Fsp3) is 0.895. The first-order valence-corrected chi connectivity index (χ1v) is 19.4. The predicted molar refractivity (Wildman–Crippen MR) is 179 cm³/mol. The smallest absolute Gasteiger partial charge is 0.309 e. The lowest BCUT2D eigenvalue weighted by molar-refractivity contribution is -0.162. The summed E-state index contributed by atoms with van der Waals surface area (Å²) in [7, 11) is 0. The van der Waals surface area contributed by atoms with E-state index in [4.69, 9.17) is 28.4 Å². The van der Waals surface area contributed by atoms with Crippen molar-refractivity contribution in [2.75, 3.05) is 26.4 Å². The first kappa shape index (κ1) is 38.6. The third kappa shape index (κ3) is 12.9. The number of hydrogen-bond acceptors (Lipinski definition) is 10. The molecule has 0 amide bonds. The van der Waals surface area contributed by atoms with Crippen LogP contribution in [0, 0.1) is 23.7 Å². The van der Waals surface area contributed by atoms with Gasteiger partial charge in [-0.25, -0.2) is 0 Å². The molecule has 10 nitrogen and oxygen atoms in total. The molecule has 4 fully saturated rings. The van der Waals surface area contributed by atoms with Gasteiger partial charge >= 0.3 is 23.9 Å². The quantitative estimate of drug-likeness (QED) is 0.0429. The largest absolute Gasteiger partial charge is 0.465 e. The maximum Gasteiger partial charge on any atom is 0.309 e. The summed E-state index contributed by atoms with van der Waals surface area (Å²) in [5.74, 6) is -3.13. The van der Waals surface area contributed by atoms with Gasteiger partial charge in [0.05, 0.1) is 74.5 Å². The van der Waals surface area contributed by atoms with Crippen LogP contribution >= 0.6 is 0 Å². The molecule has 2 saturated carbocycles. The number of carbonyl (C=O) groups is 4. The molecule has 0 spiro atoms. The molecular formula is C38H62O10. The van der Waals surface area contributed by atoms with E-state index >= 15 is 0 Å². The summed E-state index contributed by atoms with van der Waals surface area (Å²) < 4.78 is 33.6. The zero-order valence-corrected chi connectivity index (χ0v) is 29.7. The first-order chi connectivity index (χ1) is 23.4. The monoisotopic (exact) mass is 678 g/mol. The minimum Gasteiger partial charge on any atom is -0.465 e. The molecule has 8 unspecified atom stereocenters. The fourth-order valence-electron chi connectivity index (χ4n) is 7.33. The topological polar surface area (TPSA) is 130 Å². The Morgan fingerprint density at radius 1 is 0.396 bits per heavy atom. The van der Waals surface area contributed by atoms with Crippen LogP contribution in [-0.2, 0) is 47.6 Å². The highest BCUT2D eigenvalue weighted by atomic mass is 16.6. The lowest BCUT2D eigenvalue weighted by Gasteiger charge is -2.26. The molecule has 2 aliphatic carbocycles. The van der Waals surface area contributed by atoms with Crippen LogP contribution < -0.4 is 0 Å². The number of unbranched alkanes of at least 4 members (excludes halogenated alkanes) is 13. The van der Waals surface area contributed by atoms with E-state index in [-0.39, 0.29) is 48.3 Å². The van der Waals surface area contributed by atoms with Crippen LogP contribution in [0.25, 0.3) is 0 Å². The molecule has 4 rings (SSSR count). The van der Waals surface area contributed by atoms with Gasteiger partial charge in [-0.05, 0) is 51.4 Å². The summed E-state index contributed by atoms with van der Waals surface area (Å²) >= 11 is 0. The molecule has 2 heterocycles. The molecule has 0 bridgehead atoms. The molecule has 274 valence electrons. The molecule has 2 aliphatic heterocycles. The molecule has 10 heteroatoms. The highest BCUT2D eigenvalue weighted by Crippen LogP contribution is 2.45. The Morgan fingerprint density at radius 3 is 0.875 bits per heavy atom. The Hall–Kier alpha value is -2.20. The van der Waals surface area contributed by atoms with Crippen molar-refractivity contribution in [2.24, 2.45) is 23.7 Å². The molecule has 8 atom stereocenters. The molecule has 0 aromatic heterocycles. The number of hydrogen-bond donors (Lipinski definition) is 0. The van der Waals surface area contributed by atoms with E-state index in [9.17, 15) is 19.2 Å². The second kappa shape index (κ2) is 21.1. The van der Waals surface area contributed by atoms with E-state index in [0.717, 1.165) is 77.0 Å². The normalized spacial score (nSPS) is 28.5. The van der Waals surface area contributed by atoms with Crippen LogP contribution in [0.15, 0.2) is 0 Å². The lowest BCUT2D eigenvalue weighted by Crippen LogP contribution is -2.37. The summed E-state index contributed by atoms with van der Waals surface area (Å²) in [5, 5.41) is 0. The zero-order valence-electron chi connectivity index (χ0n) is 29.7. The van der Waals surface area contributed by atoms with Gasteiger partial charge in [-0.2, -0.15) is 0 Å². The molecule has 4 aliphatic rings. The summed E-state index contributed by atoms with van der Waals surface area (Å²) in [4.78, 5) is 51.4. The summed E-state index contributed by atoms with van der Waals surface area (Å²) in [6.45, 7) is 5.85. The Morgan fingerprint density at radius 2 is 0.625 bits per heavy atom. The van der Waals surface area contributed by atoms with Gasteiger partial charge in [0.25, 0.3) is 0 Å². The van der Waals surface area contributed by atoms with E-state index in [1.54, 1.807) is 0 Å². The van der Waals surface area contributed by atoms with Crippen molar-refractivity contribution in [1.82, 2.24) is 0 Å². The highest BCUT2D eigenvalue weighted by Gasteiger charge is 2.54. The average molecular weight is 679 g/mol. The van der Waals surface area contributed by atoms with Crippen molar-refractivity contribution < 1.29 is 47.6 Å². The van der Waals surface area contributed by atoms with Crippen molar-refractivity contribution in [2.45, 2.75) is 167 Å². The molecule has 0 N–H and O–H groups in total. The van der Waals surface area contributed by atoms with Gasteiger partial charge in [-0.3, -0.25) is 19.2 Å². The zero-order chi connectivity index (χ0) is 34.1. The number of rotatable bonds is 25. The van der Waals surface area contributed by atoms with Gasteiger partial charge < -0.3 is 28.4 Å². The Labute approximate surface area is 288 Å². The van der Waals surface area contributed by atoms with Gasteiger partial charge in [-0.15, -0.1) is 0 Å². The molecule has 48 heavy (non-hydrogen) atoms. The lowest BCUT2D eigenvalue weighted by atomic mass is 9.79. The van der Waals surface area contributed by atoms with Crippen LogP contribution in [0.4, 0.5) is 0 Å². The third-order valence-electron chi connectivity index (χ3n) is 10.5. The number of carbonyl (C=O) groups excluding carboxylic acids is 4. The Balaban J connectivity index is 1.02. The van der Waals surface area contributed by atoms with E-state index in [0.29, 0.717) is 52.1 Å². The van der Waals surface area contributed by atoms with E-state index in [1.165, 1.54) is 25.7 Å². The van der Waals surface area contributed by atoms with Crippen LogP contribution in [0.2, 0.25) is 0 Å². The van der Waals surface area contributed by atoms with E-state index < -0.39 is 23.7 Å². The van der Waals surface area contributed by atoms with Gasteiger partial charge in [0.2, 0.25) is 0 Å². The van der Waals surface area contributed by atoms with Gasteiger partial charge in [0.15, 0.2) is 0 Å². The second-order valence-electron chi connectivity index (χ2n) is 14.4. The first-order valence-electron chi connectivity index (χ1n) is 19.4. The maximum absolute atomic E-state index is 12.9. The predicted octanol–water partition coefficient (Wildman–Crippen LogP) is 7.03. The minimum absolute atomic E-state index is 0.0648. The van der Waals surface area contributed by atoms with Crippen LogP contribution in [0.1, 0.15) is 142 Å². The third-order valence-corrected chi connectivity index (χ3v) is 10.5. The summed E-state index contributed by atoms with van der Waals surface area (Å²) in [6.07, 6.45) is 18.7. The van der Waals surface area contributed by atoms with Crippen molar-refractivity contribution >= 4 is 23.9 Å². The molecule has 0 aromatic rings. The molecule has 0 aromatic carbocycles. The van der Waals surface area contributed by atoms with Crippen molar-refractivity contribution in [1.29, 1.82) is 0 Å². The molecule has 0 radical (unpaired) electrons. The van der Waals surface area contributed by atoms with Gasteiger partial charge in [0, 0.05) is 0 Å². The maximum atomic E-state index is 12.9. The van der Waals surface area contributed by atoms with Crippen molar-refractivity contribution in [3.63, 3.8) is 0 Å². The standard InChI is InChI=1S/C38H62O10/c1-3-5-7-11-15-19-43-35(39)27-23-31-33(47-31)25-29(27)37(41)45-21-17-13-9-10-14-18-22-46-38(42)30-26-34-32(48-34)24-28(30)36(40)44-20-16-12-8-6-4-2/h27-34H,3-26H2,1-2H3. The minimum atomic E-state index is -0.489. The SMILES string of the molecule is CCCCCCCOC(=O)C1CC2OC2CC1C(=O)OCCCCCCCCOC(=O)C1CC2OC2CC1C(=O)OCCCCCCC. The number of fused-ring (bicyclic) bond motifs is 2. The number of esters is 4. The fourth-order valence-corrected chi connectivity index (χ4v) is 7.33. The van der Waals surface area contributed by atoms with E-state index in [1.807, 2.05) is 0 Å². The number of epoxide rings is 2. The Bertz CT molecular complexity index is 922. The molecule has 2 saturated heterocycles. The second-order valence-corrected chi connectivity index (χ2v) is 14.4. The Kier molecular flexibility index (Phi) is 17.0. The van der Waals surface area contributed by atoms with Crippen molar-refractivity contribution in [3.8, 4) is 0 Å². The molecular weight excluding hydrogens is 616 g/mol. The number of ether oxygens (including phenoxy) is 6. The average Bonchev–Trinajstić information content (AvgIpc) is 4.02.